The predicted octanol–water partition coefficient (Wildman–Crippen LogP) is 2.42. The molecule has 4 aliphatic rings. The third-order valence-electron chi connectivity index (χ3n) is 5.91. The van der Waals surface area contributed by atoms with Crippen LogP contribution in [0.4, 0.5) is 0 Å². The monoisotopic (exact) mass is 332 g/mol. The molecule has 3 aliphatic heterocycles. The van der Waals surface area contributed by atoms with Crippen LogP contribution >= 0.6 is 0 Å². The SMILES string of the molecule is CC(C)c1noc(CN2C[C@@H]3CC[C@H](C2)N(CC2CCC2)C3=O)n1. The Morgan fingerprint density at radius 3 is 2.71 bits per heavy atom. The smallest absolute Gasteiger partial charge is 0.240 e. The molecule has 4 fully saturated rings. The standard InChI is InChI=1S/C18H28N4O2/c1-12(2)17-19-16(24-20-17)11-21-9-14-6-7-15(10-21)22(18(14)23)8-13-4-3-5-13/h12-15H,3-11H2,1-2H3/t14-,15+/m0/s1. The molecule has 5 rings (SSSR count). The lowest BCUT2D eigenvalue weighted by molar-refractivity contribution is -0.141. The Kier molecular flexibility index (Phi) is 4.33. The molecule has 3 saturated heterocycles. The number of carbonyl (C=O) groups is 1. The molecule has 6 nitrogen and oxygen atoms in total. The fraction of sp³-hybridized carbons (Fsp3) is 0.833. The van der Waals surface area contributed by atoms with Gasteiger partial charge in [0, 0.05) is 31.6 Å². The lowest BCUT2D eigenvalue weighted by atomic mass is 9.83. The third-order valence-corrected chi connectivity index (χ3v) is 5.91. The van der Waals surface area contributed by atoms with Crippen LogP contribution < -0.4 is 0 Å². The summed E-state index contributed by atoms with van der Waals surface area (Å²) in [7, 11) is 0. The summed E-state index contributed by atoms with van der Waals surface area (Å²) in [5.74, 6) is 3.00. The van der Waals surface area contributed by atoms with Gasteiger partial charge in [-0.2, -0.15) is 4.98 Å². The second kappa shape index (κ2) is 6.47. The minimum atomic E-state index is 0.149. The van der Waals surface area contributed by atoms with Gasteiger partial charge in [-0.25, -0.2) is 0 Å². The molecule has 132 valence electrons. The van der Waals surface area contributed by atoms with E-state index >= 15 is 0 Å². The zero-order valence-electron chi connectivity index (χ0n) is 14.8. The van der Waals surface area contributed by atoms with Crippen molar-refractivity contribution in [3.63, 3.8) is 0 Å². The molecule has 0 spiro atoms. The van der Waals surface area contributed by atoms with E-state index < -0.39 is 0 Å². The Bertz CT molecular complexity index is 596. The molecule has 0 N–H and O–H groups in total. The van der Waals surface area contributed by atoms with E-state index in [0.717, 1.165) is 44.2 Å². The molecule has 4 heterocycles. The minimum Gasteiger partial charge on any atom is -0.338 e. The number of amides is 1. The van der Waals surface area contributed by atoms with Gasteiger partial charge in [-0.15, -0.1) is 0 Å². The lowest BCUT2D eigenvalue weighted by Gasteiger charge is -2.40. The highest BCUT2D eigenvalue weighted by molar-refractivity contribution is 5.80. The van der Waals surface area contributed by atoms with Crippen LogP contribution in [0.2, 0.25) is 0 Å². The number of nitrogens with zero attached hydrogens (tertiary/aromatic N) is 4. The van der Waals surface area contributed by atoms with Crippen LogP contribution in [-0.4, -0.2) is 51.5 Å². The van der Waals surface area contributed by atoms with Gasteiger partial charge < -0.3 is 9.42 Å². The average molecular weight is 332 g/mol. The molecule has 0 aromatic carbocycles. The van der Waals surface area contributed by atoms with Crippen molar-refractivity contribution in [3.05, 3.63) is 11.7 Å². The van der Waals surface area contributed by atoms with Gasteiger partial charge in [0.1, 0.15) is 0 Å². The second-order valence-corrected chi connectivity index (χ2v) is 8.11. The van der Waals surface area contributed by atoms with Crippen molar-refractivity contribution in [2.45, 2.75) is 64.5 Å². The molecule has 1 aliphatic carbocycles. The Labute approximate surface area is 143 Å². The number of aromatic nitrogens is 2. The van der Waals surface area contributed by atoms with Crippen LogP contribution in [0.15, 0.2) is 4.52 Å². The largest absolute Gasteiger partial charge is 0.338 e. The lowest BCUT2D eigenvalue weighted by Crippen LogP contribution is -2.50. The van der Waals surface area contributed by atoms with Crippen LogP contribution in [-0.2, 0) is 11.3 Å². The first kappa shape index (κ1) is 16.1. The predicted molar refractivity (Wildman–Crippen MR) is 89.2 cm³/mol. The molecule has 1 amide bonds. The van der Waals surface area contributed by atoms with Gasteiger partial charge in [-0.1, -0.05) is 25.4 Å². The first-order chi connectivity index (χ1) is 11.6. The number of fused-ring (bicyclic) bond motifs is 4. The Morgan fingerprint density at radius 2 is 2.04 bits per heavy atom. The van der Waals surface area contributed by atoms with Gasteiger partial charge in [-0.3, -0.25) is 9.69 Å². The zero-order valence-corrected chi connectivity index (χ0v) is 14.8. The number of carbonyl (C=O) groups excluding carboxylic acids is 1. The quantitative estimate of drug-likeness (QED) is 0.828. The number of hydrogen-bond acceptors (Lipinski definition) is 5. The van der Waals surface area contributed by atoms with Crippen LogP contribution in [0.5, 0.6) is 0 Å². The third kappa shape index (κ3) is 3.08. The Hall–Kier alpha value is -1.43. The number of rotatable bonds is 5. The summed E-state index contributed by atoms with van der Waals surface area (Å²) in [6.07, 6.45) is 6.10. The molecule has 1 saturated carbocycles. The molecule has 2 bridgehead atoms. The fourth-order valence-corrected chi connectivity index (χ4v) is 4.21. The van der Waals surface area contributed by atoms with Crippen molar-refractivity contribution < 1.29 is 9.32 Å². The van der Waals surface area contributed by atoms with Gasteiger partial charge in [0.15, 0.2) is 5.82 Å². The zero-order chi connectivity index (χ0) is 16.7. The summed E-state index contributed by atoms with van der Waals surface area (Å²) < 4.78 is 5.40. The molecular formula is C18H28N4O2. The minimum absolute atomic E-state index is 0.149. The summed E-state index contributed by atoms with van der Waals surface area (Å²) in [5, 5.41) is 4.06. The maximum Gasteiger partial charge on any atom is 0.240 e. The van der Waals surface area contributed by atoms with Crippen LogP contribution in [0.1, 0.15) is 63.6 Å². The fourth-order valence-electron chi connectivity index (χ4n) is 4.21. The van der Waals surface area contributed by atoms with Crippen molar-refractivity contribution in [1.29, 1.82) is 0 Å². The van der Waals surface area contributed by atoms with E-state index in [9.17, 15) is 4.79 Å². The first-order valence-electron chi connectivity index (χ1n) is 9.45. The number of hydrogen-bond donors (Lipinski definition) is 0. The maximum atomic E-state index is 12.8. The molecule has 6 heteroatoms. The van der Waals surface area contributed by atoms with Crippen molar-refractivity contribution in [2.75, 3.05) is 19.6 Å². The maximum absolute atomic E-state index is 12.8. The van der Waals surface area contributed by atoms with E-state index in [1.807, 2.05) is 0 Å². The first-order valence-corrected chi connectivity index (χ1v) is 9.45. The van der Waals surface area contributed by atoms with Gasteiger partial charge >= 0.3 is 0 Å². The van der Waals surface area contributed by atoms with E-state index in [1.165, 1.54) is 19.3 Å². The van der Waals surface area contributed by atoms with Gasteiger partial charge in [0.05, 0.1) is 12.5 Å². The topological polar surface area (TPSA) is 62.5 Å². The van der Waals surface area contributed by atoms with Crippen LogP contribution in [0.25, 0.3) is 0 Å². The molecule has 24 heavy (non-hydrogen) atoms. The highest BCUT2D eigenvalue weighted by Crippen LogP contribution is 2.34. The summed E-state index contributed by atoms with van der Waals surface area (Å²) in [5.41, 5.74) is 0. The van der Waals surface area contributed by atoms with E-state index in [0.29, 0.717) is 24.4 Å². The molecule has 1 aromatic rings. The summed E-state index contributed by atoms with van der Waals surface area (Å²) in [4.78, 5) is 21.9. The van der Waals surface area contributed by atoms with Gasteiger partial charge in [-0.05, 0) is 31.6 Å². The van der Waals surface area contributed by atoms with Crippen molar-refractivity contribution in [3.8, 4) is 0 Å². The van der Waals surface area contributed by atoms with Crippen molar-refractivity contribution >= 4 is 5.91 Å². The summed E-state index contributed by atoms with van der Waals surface area (Å²) in [6.45, 7) is 7.54. The highest BCUT2D eigenvalue weighted by atomic mass is 16.5. The summed E-state index contributed by atoms with van der Waals surface area (Å²) >= 11 is 0. The molecule has 1 aromatic heterocycles. The van der Waals surface area contributed by atoms with Crippen LogP contribution in [0.3, 0.4) is 0 Å². The van der Waals surface area contributed by atoms with E-state index in [-0.39, 0.29) is 11.8 Å². The Morgan fingerprint density at radius 1 is 1.21 bits per heavy atom. The number of piperidine rings is 1. The summed E-state index contributed by atoms with van der Waals surface area (Å²) in [6, 6.07) is 0.365. The molecular weight excluding hydrogens is 304 g/mol. The van der Waals surface area contributed by atoms with E-state index in [1.54, 1.807) is 0 Å². The second-order valence-electron chi connectivity index (χ2n) is 8.11. The van der Waals surface area contributed by atoms with Gasteiger partial charge in [0.25, 0.3) is 0 Å². The van der Waals surface area contributed by atoms with Crippen molar-refractivity contribution in [2.24, 2.45) is 11.8 Å². The van der Waals surface area contributed by atoms with Crippen LogP contribution in [0, 0.1) is 11.8 Å². The normalized spacial score (nSPS) is 28.5. The van der Waals surface area contributed by atoms with Crippen molar-refractivity contribution in [1.82, 2.24) is 19.9 Å². The van der Waals surface area contributed by atoms with E-state index in [4.69, 9.17) is 4.52 Å². The molecule has 0 unspecified atom stereocenters. The Balaban J connectivity index is 1.44. The molecule has 2 atom stereocenters. The molecule has 0 radical (unpaired) electrons. The van der Waals surface area contributed by atoms with Gasteiger partial charge in [0.2, 0.25) is 11.8 Å². The highest BCUT2D eigenvalue weighted by Gasteiger charge is 2.41. The average Bonchev–Trinajstić information content (AvgIpc) is 2.81. The van der Waals surface area contributed by atoms with E-state index in [2.05, 4.69) is 33.8 Å².